The van der Waals surface area contributed by atoms with Crippen LogP contribution in [0.25, 0.3) is 11.1 Å². The topological polar surface area (TPSA) is 29.9 Å². The average Bonchev–Trinajstić information content (AvgIpc) is 3.22. The molecule has 0 aliphatic carbocycles. The van der Waals surface area contributed by atoms with Crippen molar-refractivity contribution in [3.05, 3.63) is 109 Å². The molecule has 4 rings (SSSR count). The lowest BCUT2D eigenvalue weighted by atomic mass is 10.0. The van der Waals surface area contributed by atoms with Gasteiger partial charge in [0.1, 0.15) is 0 Å². The van der Waals surface area contributed by atoms with Crippen LogP contribution in [0.5, 0.6) is 0 Å². The van der Waals surface area contributed by atoms with Crippen LogP contribution in [0.3, 0.4) is 0 Å². The molecule has 3 aromatic carbocycles. The Hall–Kier alpha value is -3.33. The first kappa shape index (κ1) is 16.2. The maximum Gasteiger partial charge on any atom is 0.0949 e. The number of hydrogen-bond donors (Lipinski definition) is 1. The Kier molecular flexibility index (Phi) is 4.79. The van der Waals surface area contributed by atoms with Gasteiger partial charge in [-0.25, -0.2) is 4.98 Å². The van der Waals surface area contributed by atoms with E-state index in [1.807, 2.05) is 18.6 Å². The summed E-state index contributed by atoms with van der Waals surface area (Å²) in [5.41, 5.74) is 6.16. The maximum atomic E-state index is 4.07. The van der Waals surface area contributed by atoms with Gasteiger partial charge in [-0.3, -0.25) is 0 Å². The smallest absolute Gasteiger partial charge is 0.0949 e. The molecular weight excluding hydrogens is 318 g/mol. The van der Waals surface area contributed by atoms with Gasteiger partial charge < -0.3 is 9.88 Å². The molecule has 26 heavy (non-hydrogen) atoms. The summed E-state index contributed by atoms with van der Waals surface area (Å²) < 4.78 is 2.07. The SMILES string of the molecule is c1ccc(-c2ccc(CNc3ccc(Cn4ccnc4)cc3)cc2)cc1. The van der Waals surface area contributed by atoms with Crippen LogP contribution in [-0.4, -0.2) is 9.55 Å². The van der Waals surface area contributed by atoms with E-state index in [9.17, 15) is 0 Å². The molecule has 0 aliphatic heterocycles. The molecule has 1 N–H and O–H groups in total. The molecule has 1 heterocycles. The third kappa shape index (κ3) is 4.01. The third-order valence-corrected chi connectivity index (χ3v) is 4.44. The molecule has 0 saturated heterocycles. The second-order valence-electron chi connectivity index (χ2n) is 6.35. The molecule has 128 valence electrons. The van der Waals surface area contributed by atoms with E-state index in [1.165, 1.54) is 22.3 Å². The van der Waals surface area contributed by atoms with Gasteiger partial charge >= 0.3 is 0 Å². The zero-order valence-corrected chi connectivity index (χ0v) is 14.5. The molecule has 0 bridgehead atoms. The second kappa shape index (κ2) is 7.70. The highest BCUT2D eigenvalue weighted by atomic mass is 15.0. The molecule has 0 spiro atoms. The quantitative estimate of drug-likeness (QED) is 0.522. The minimum absolute atomic E-state index is 0.815. The summed E-state index contributed by atoms with van der Waals surface area (Å²) in [4.78, 5) is 4.07. The van der Waals surface area contributed by atoms with Gasteiger partial charge in [-0.2, -0.15) is 0 Å². The van der Waals surface area contributed by atoms with E-state index in [-0.39, 0.29) is 0 Å². The first-order valence-electron chi connectivity index (χ1n) is 8.80. The first-order chi connectivity index (χ1) is 12.9. The molecule has 1 aromatic heterocycles. The van der Waals surface area contributed by atoms with Crippen molar-refractivity contribution in [2.24, 2.45) is 0 Å². The van der Waals surface area contributed by atoms with Crippen LogP contribution < -0.4 is 5.32 Å². The molecule has 0 amide bonds. The van der Waals surface area contributed by atoms with Crippen molar-refractivity contribution in [3.63, 3.8) is 0 Å². The molecular formula is C23H21N3. The Morgan fingerprint density at radius 3 is 2.12 bits per heavy atom. The molecule has 0 atom stereocenters. The van der Waals surface area contributed by atoms with Crippen molar-refractivity contribution in [2.45, 2.75) is 13.1 Å². The average molecular weight is 339 g/mol. The summed E-state index contributed by atoms with van der Waals surface area (Å²) in [6.45, 7) is 1.66. The van der Waals surface area contributed by atoms with Crippen LogP contribution in [0.1, 0.15) is 11.1 Å². The standard InChI is InChI=1S/C23H21N3/c1-2-4-21(5-3-1)22-10-6-19(7-11-22)16-25-23-12-8-20(9-13-23)17-26-15-14-24-18-26/h1-15,18,25H,16-17H2. The Morgan fingerprint density at radius 2 is 1.42 bits per heavy atom. The number of imidazole rings is 1. The van der Waals surface area contributed by atoms with Gasteiger partial charge in [0.25, 0.3) is 0 Å². The van der Waals surface area contributed by atoms with Crippen LogP contribution >= 0.6 is 0 Å². The van der Waals surface area contributed by atoms with E-state index < -0.39 is 0 Å². The normalized spacial score (nSPS) is 10.6. The third-order valence-electron chi connectivity index (χ3n) is 4.44. The largest absolute Gasteiger partial charge is 0.381 e. The van der Waals surface area contributed by atoms with Crippen LogP contribution in [0, 0.1) is 0 Å². The van der Waals surface area contributed by atoms with Gasteiger partial charge in [0, 0.05) is 31.2 Å². The minimum Gasteiger partial charge on any atom is -0.381 e. The lowest BCUT2D eigenvalue weighted by Crippen LogP contribution is -2.00. The lowest BCUT2D eigenvalue weighted by molar-refractivity contribution is 0.797. The number of aromatic nitrogens is 2. The number of benzene rings is 3. The molecule has 0 fully saturated rings. The minimum atomic E-state index is 0.815. The summed E-state index contributed by atoms with van der Waals surface area (Å²) in [6.07, 6.45) is 5.62. The van der Waals surface area contributed by atoms with Gasteiger partial charge in [0.2, 0.25) is 0 Å². The van der Waals surface area contributed by atoms with Crippen molar-refractivity contribution < 1.29 is 0 Å². The zero-order valence-electron chi connectivity index (χ0n) is 14.5. The van der Waals surface area contributed by atoms with Gasteiger partial charge in [-0.05, 0) is 34.4 Å². The van der Waals surface area contributed by atoms with Crippen molar-refractivity contribution in [2.75, 3.05) is 5.32 Å². The highest BCUT2D eigenvalue weighted by Gasteiger charge is 1.99. The highest BCUT2D eigenvalue weighted by Crippen LogP contribution is 2.20. The van der Waals surface area contributed by atoms with Gasteiger partial charge in [-0.1, -0.05) is 66.7 Å². The fourth-order valence-corrected chi connectivity index (χ4v) is 2.97. The predicted molar refractivity (Wildman–Crippen MR) is 107 cm³/mol. The van der Waals surface area contributed by atoms with E-state index >= 15 is 0 Å². The molecule has 0 aliphatic rings. The van der Waals surface area contributed by atoms with E-state index in [4.69, 9.17) is 0 Å². The van der Waals surface area contributed by atoms with Gasteiger partial charge in [0.05, 0.1) is 6.33 Å². The van der Waals surface area contributed by atoms with E-state index in [1.54, 1.807) is 6.20 Å². The first-order valence-corrected chi connectivity index (χ1v) is 8.80. The van der Waals surface area contributed by atoms with Crippen molar-refractivity contribution in [3.8, 4) is 11.1 Å². The number of nitrogens with zero attached hydrogens (tertiary/aromatic N) is 2. The Bertz CT molecular complexity index is 925. The van der Waals surface area contributed by atoms with Gasteiger partial charge in [0.15, 0.2) is 0 Å². The van der Waals surface area contributed by atoms with Crippen LogP contribution in [0.2, 0.25) is 0 Å². The summed E-state index contributed by atoms with van der Waals surface area (Å²) in [5, 5.41) is 3.49. The van der Waals surface area contributed by atoms with Crippen molar-refractivity contribution in [1.29, 1.82) is 0 Å². The zero-order chi connectivity index (χ0) is 17.6. The summed E-state index contributed by atoms with van der Waals surface area (Å²) >= 11 is 0. The summed E-state index contributed by atoms with van der Waals surface area (Å²) in [5.74, 6) is 0. The number of hydrogen-bond acceptors (Lipinski definition) is 2. The maximum absolute atomic E-state index is 4.07. The number of nitrogens with one attached hydrogen (secondary N) is 1. The Morgan fingerprint density at radius 1 is 0.731 bits per heavy atom. The monoisotopic (exact) mass is 339 g/mol. The number of rotatable bonds is 6. The molecule has 0 saturated carbocycles. The predicted octanol–water partition coefficient (Wildman–Crippen LogP) is 5.21. The lowest BCUT2D eigenvalue weighted by Gasteiger charge is -2.09. The molecule has 3 nitrogen and oxygen atoms in total. The van der Waals surface area contributed by atoms with Crippen molar-refractivity contribution >= 4 is 5.69 Å². The summed E-state index contributed by atoms with van der Waals surface area (Å²) in [6, 6.07) is 27.8. The Balaban J connectivity index is 1.35. The van der Waals surface area contributed by atoms with E-state index in [0.29, 0.717) is 0 Å². The van der Waals surface area contributed by atoms with Crippen LogP contribution in [0.4, 0.5) is 5.69 Å². The van der Waals surface area contributed by atoms with Crippen LogP contribution in [0.15, 0.2) is 97.6 Å². The molecule has 3 heteroatoms. The van der Waals surface area contributed by atoms with E-state index in [2.05, 4.69) is 87.7 Å². The molecule has 0 unspecified atom stereocenters. The van der Waals surface area contributed by atoms with Crippen molar-refractivity contribution in [1.82, 2.24) is 9.55 Å². The Labute approximate surface area is 154 Å². The van der Waals surface area contributed by atoms with Gasteiger partial charge in [-0.15, -0.1) is 0 Å². The fourth-order valence-electron chi connectivity index (χ4n) is 2.97. The fraction of sp³-hybridized carbons (Fsp3) is 0.0870. The highest BCUT2D eigenvalue weighted by molar-refractivity contribution is 5.63. The van der Waals surface area contributed by atoms with E-state index in [0.717, 1.165) is 18.8 Å². The van der Waals surface area contributed by atoms with Crippen LogP contribution in [-0.2, 0) is 13.1 Å². The summed E-state index contributed by atoms with van der Waals surface area (Å²) in [7, 11) is 0. The molecule has 0 radical (unpaired) electrons. The number of anilines is 1. The second-order valence-corrected chi connectivity index (χ2v) is 6.35. The molecule has 4 aromatic rings.